The Balaban J connectivity index is 2.20. The van der Waals surface area contributed by atoms with Gasteiger partial charge in [-0.15, -0.1) is 6.58 Å². The molecule has 0 N–H and O–H groups in total. The minimum atomic E-state index is -0.752. The zero-order chi connectivity index (χ0) is 13.1. The normalized spacial score (nSPS) is 23.4. The van der Waals surface area contributed by atoms with Crippen molar-refractivity contribution >= 4 is 0 Å². The van der Waals surface area contributed by atoms with Crippen LogP contribution in [0.5, 0.6) is 0 Å². The molecule has 1 saturated carbocycles. The van der Waals surface area contributed by atoms with Gasteiger partial charge in [-0.3, -0.25) is 0 Å². The largest absolute Gasteiger partial charge is 0.205 e. The summed E-state index contributed by atoms with van der Waals surface area (Å²) in [4.78, 5) is 0. The summed E-state index contributed by atoms with van der Waals surface area (Å²) in [6, 6.07) is 4.16. The van der Waals surface area contributed by atoms with Crippen molar-refractivity contribution in [3.05, 3.63) is 47.5 Å². The third-order valence-corrected chi connectivity index (χ3v) is 3.75. The minimum absolute atomic E-state index is 0.193. The summed E-state index contributed by atoms with van der Waals surface area (Å²) < 4.78 is 27.1. The zero-order valence-electron chi connectivity index (χ0n) is 10.1. The van der Waals surface area contributed by atoms with Crippen molar-refractivity contribution in [1.29, 1.82) is 5.26 Å². The highest BCUT2D eigenvalue weighted by atomic mass is 19.1. The molecule has 0 aliphatic heterocycles. The summed E-state index contributed by atoms with van der Waals surface area (Å²) in [7, 11) is 0. The van der Waals surface area contributed by atoms with Gasteiger partial charge in [0.05, 0.1) is 0 Å². The zero-order valence-corrected chi connectivity index (χ0v) is 10.1. The number of benzene rings is 1. The molecule has 0 atom stereocenters. The number of allylic oxidation sites excluding steroid dienone is 1. The molecule has 1 aromatic carbocycles. The van der Waals surface area contributed by atoms with Gasteiger partial charge >= 0.3 is 0 Å². The van der Waals surface area contributed by atoms with E-state index in [1.165, 1.54) is 12.1 Å². The number of hydrogen-bond donors (Lipinski definition) is 0. The maximum Gasteiger partial charge on any atom is 0.144 e. The van der Waals surface area contributed by atoms with Crippen LogP contribution in [-0.4, -0.2) is 0 Å². The van der Waals surface area contributed by atoms with Crippen LogP contribution in [-0.2, 0) is 0 Å². The van der Waals surface area contributed by atoms with Crippen LogP contribution in [0.1, 0.15) is 42.7 Å². The number of hydrogen-bond acceptors (Lipinski definition) is 1. The highest BCUT2D eigenvalue weighted by Gasteiger charge is 2.22. The fourth-order valence-corrected chi connectivity index (χ4v) is 2.62. The highest BCUT2D eigenvalue weighted by Crippen LogP contribution is 2.36. The van der Waals surface area contributed by atoms with E-state index in [0.717, 1.165) is 25.7 Å². The molecule has 1 nitrogen and oxygen atoms in total. The number of nitrogens with zero attached hydrogens (tertiary/aromatic N) is 1. The van der Waals surface area contributed by atoms with E-state index in [-0.39, 0.29) is 5.92 Å². The predicted molar refractivity (Wildman–Crippen MR) is 66.0 cm³/mol. The van der Waals surface area contributed by atoms with Crippen LogP contribution in [0.4, 0.5) is 8.78 Å². The predicted octanol–water partition coefficient (Wildman–Crippen LogP) is 4.30. The molecule has 94 valence electrons. The monoisotopic (exact) mass is 247 g/mol. The van der Waals surface area contributed by atoms with Gasteiger partial charge in [0.1, 0.15) is 23.3 Å². The van der Waals surface area contributed by atoms with E-state index in [4.69, 9.17) is 5.26 Å². The first-order valence-electron chi connectivity index (χ1n) is 6.17. The van der Waals surface area contributed by atoms with Gasteiger partial charge in [-0.25, -0.2) is 8.78 Å². The van der Waals surface area contributed by atoms with Gasteiger partial charge < -0.3 is 0 Å². The summed E-state index contributed by atoms with van der Waals surface area (Å²) >= 11 is 0. The van der Waals surface area contributed by atoms with Gasteiger partial charge in [-0.2, -0.15) is 5.26 Å². The van der Waals surface area contributed by atoms with Gasteiger partial charge in [0.25, 0.3) is 0 Å². The van der Waals surface area contributed by atoms with Crippen LogP contribution >= 0.6 is 0 Å². The molecule has 1 aromatic rings. The molecule has 0 spiro atoms. The molecule has 1 fully saturated rings. The Morgan fingerprint density at radius 2 is 1.72 bits per heavy atom. The molecule has 2 rings (SSSR count). The van der Waals surface area contributed by atoms with Gasteiger partial charge in [0.15, 0.2) is 0 Å². The third kappa shape index (κ3) is 2.43. The molecular formula is C15H15F2N. The molecule has 18 heavy (non-hydrogen) atoms. The van der Waals surface area contributed by atoms with Crippen LogP contribution in [0.15, 0.2) is 24.8 Å². The Hall–Kier alpha value is -1.69. The maximum atomic E-state index is 13.5. The molecule has 0 aromatic heterocycles. The lowest BCUT2D eigenvalue weighted by Gasteiger charge is -2.27. The summed E-state index contributed by atoms with van der Waals surface area (Å²) in [5.74, 6) is -0.788. The molecule has 0 unspecified atom stereocenters. The maximum absolute atomic E-state index is 13.5. The first-order chi connectivity index (χ1) is 8.65. The molecule has 0 amide bonds. The van der Waals surface area contributed by atoms with E-state index in [2.05, 4.69) is 6.58 Å². The molecule has 3 heteroatoms. The third-order valence-electron chi connectivity index (χ3n) is 3.75. The van der Waals surface area contributed by atoms with Crippen molar-refractivity contribution in [1.82, 2.24) is 0 Å². The van der Waals surface area contributed by atoms with Crippen molar-refractivity contribution in [3.8, 4) is 6.07 Å². The molecule has 0 bridgehead atoms. The second kappa shape index (κ2) is 5.30. The Morgan fingerprint density at radius 1 is 1.17 bits per heavy atom. The van der Waals surface area contributed by atoms with Gasteiger partial charge in [0.2, 0.25) is 0 Å². The number of rotatable bonds is 2. The van der Waals surface area contributed by atoms with Crippen molar-refractivity contribution < 1.29 is 8.78 Å². The number of halogens is 2. The average molecular weight is 247 g/mol. The van der Waals surface area contributed by atoms with Crippen LogP contribution in [0.2, 0.25) is 0 Å². The first-order valence-corrected chi connectivity index (χ1v) is 6.17. The summed E-state index contributed by atoms with van der Waals surface area (Å²) in [5.41, 5.74) is 0.185. The van der Waals surface area contributed by atoms with Crippen LogP contribution in [0.25, 0.3) is 0 Å². The fraction of sp³-hybridized carbons (Fsp3) is 0.400. The quantitative estimate of drug-likeness (QED) is 0.715. The lowest BCUT2D eigenvalue weighted by molar-refractivity contribution is 0.374. The second-order valence-electron chi connectivity index (χ2n) is 4.82. The molecule has 0 saturated heterocycles. The van der Waals surface area contributed by atoms with Gasteiger partial charge in [0, 0.05) is 0 Å². The lowest BCUT2D eigenvalue weighted by Crippen LogP contribution is -2.12. The summed E-state index contributed by atoms with van der Waals surface area (Å²) in [5, 5.41) is 8.63. The average Bonchev–Trinajstić information content (AvgIpc) is 2.38. The first kappa shape index (κ1) is 12.8. The van der Waals surface area contributed by atoms with Crippen molar-refractivity contribution in [3.63, 3.8) is 0 Å². The molecule has 1 aliphatic carbocycles. The summed E-state index contributed by atoms with van der Waals surface area (Å²) in [6.45, 7) is 3.78. The smallest absolute Gasteiger partial charge is 0.144 e. The minimum Gasteiger partial charge on any atom is -0.205 e. The van der Waals surface area contributed by atoms with Crippen LogP contribution in [0.3, 0.4) is 0 Å². The summed E-state index contributed by atoms with van der Waals surface area (Å²) in [6.07, 6.45) is 5.81. The Kier molecular flexibility index (Phi) is 3.76. The van der Waals surface area contributed by atoms with E-state index in [9.17, 15) is 8.78 Å². The molecule has 1 aliphatic rings. The van der Waals surface area contributed by atoms with Crippen LogP contribution < -0.4 is 0 Å². The topological polar surface area (TPSA) is 23.8 Å². The lowest BCUT2D eigenvalue weighted by atomic mass is 9.78. The van der Waals surface area contributed by atoms with Crippen LogP contribution in [0, 0.1) is 28.9 Å². The molecular weight excluding hydrogens is 232 g/mol. The Morgan fingerprint density at radius 3 is 2.17 bits per heavy atom. The van der Waals surface area contributed by atoms with Crippen molar-refractivity contribution in [2.75, 3.05) is 0 Å². The SMILES string of the molecule is C=C[C@H]1CC[C@H](c2cc(F)c(C#N)c(F)c2)CC1. The standard InChI is InChI=1S/C15H15F2N/c1-2-10-3-5-11(6-4-10)12-7-14(16)13(9-18)15(17)8-12/h2,7-8,10-11H,1,3-6H2/t10-,11-. The van der Waals surface area contributed by atoms with E-state index < -0.39 is 17.2 Å². The Labute approximate surface area is 106 Å². The van der Waals surface area contributed by atoms with Gasteiger partial charge in [-0.1, -0.05) is 6.08 Å². The Bertz CT molecular complexity index is 471. The van der Waals surface area contributed by atoms with Crippen molar-refractivity contribution in [2.24, 2.45) is 5.92 Å². The second-order valence-corrected chi connectivity index (χ2v) is 4.82. The van der Waals surface area contributed by atoms with E-state index in [1.807, 2.05) is 6.08 Å². The van der Waals surface area contributed by atoms with E-state index in [1.54, 1.807) is 6.07 Å². The van der Waals surface area contributed by atoms with E-state index >= 15 is 0 Å². The number of nitriles is 1. The molecule has 0 radical (unpaired) electrons. The molecule has 0 heterocycles. The van der Waals surface area contributed by atoms with Crippen molar-refractivity contribution in [2.45, 2.75) is 31.6 Å². The van der Waals surface area contributed by atoms with E-state index in [0.29, 0.717) is 11.5 Å². The highest BCUT2D eigenvalue weighted by molar-refractivity contribution is 5.36. The van der Waals surface area contributed by atoms with Gasteiger partial charge in [-0.05, 0) is 55.2 Å². The fourth-order valence-electron chi connectivity index (χ4n) is 2.62.